The van der Waals surface area contributed by atoms with Crippen molar-refractivity contribution in [2.45, 2.75) is 6.18 Å². The van der Waals surface area contributed by atoms with Crippen LogP contribution >= 0.6 is 0 Å². The zero-order valence-corrected chi connectivity index (χ0v) is 16.6. The van der Waals surface area contributed by atoms with E-state index < -0.39 is 17.8 Å². The summed E-state index contributed by atoms with van der Waals surface area (Å²) in [6, 6.07) is 16.6. The molecule has 10 heteroatoms. The number of carbonyl (C=O) groups excluding carboxylic acids is 1. The van der Waals surface area contributed by atoms with Gasteiger partial charge in [-0.25, -0.2) is 9.50 Å². The third kappa shape index (κ3) is 3.55. The van der Waals surface area contributed by atoms with E-state index in [0.29, 0.717) is 10.1 Å². The van der Waals surface area contributed by atoms with Crippen LogP contribution in [-0.2, 0) is 13.2 Å². The van der Waals surface area contributed by atoms with Crippen LogP contribution in [0.15, 0.2) is 66.9 Å². The first-order chi connectivity index (χ1) is 15.3. The second kappa shape index (κ2) is 7.19. The topological polar surface area (TPSA) is 77.1 Å². The normalized spacial score (nSPS) is 11.9. The van der Waals surface area contributed by atoms with E-state index >= 15 is 0 Å². The molecule has 5 aromatic rings. The van der Waals surface area contributed by atoms with Gasteiger partial charge < -0.3 is 5.32 Å². The SMILES string of the molecule is Cn1ccc(NC(=O)c2cc3nc(-c4ccc5ccccc5c4)cc(C(F)(F)F)n3n2)n1. The fraction of sp³-hybridized carbons (Fsp3) is 0.0909. The molecule has 5 rings (SSSR count). The average molecular weight is 436 g/mol. The van der Waals surface area contributed by atoms with E-state index in [1.165, 1.54) is 10.7 Å². The van der Waals surface area contributed by atoms with E-state index in [-0.39, 0.29) is 22.9 Å². The standard InChI is InChI=1S/C22H15F3N6O/c1-30-9-8-19(29-30)27-21(32)17-12-20-26-16(11-18(22(23,24)25)31(20)28-17)15-7-6-13-4-2-3-5-14(13)10-15/h2-12H,1H3,(H,27,29,32). The van der Waals surface area contributed by atoms with Crippen molar-refractivity contribution >= 4 is 28.1 Å². The number of carbonyl (C=O) groups is 1. The van der Waals surface area contributed by atoms with Crippen molar-refractivity contribution in [1.82, 2.24) is 24.4 Å². The molecular weight excluding hydrogens is 421 g/mol. The van der Waals surface area contributed by atoms with Crippen LogP contribution < -0.4 is 5.32 Å². The fourth-order valence-electron chi connectivity index (χ4n) is 3.45. The molecule has 32 heavy (non-hydrogen) atoms. The number of fused-ring (bicyclic) bond motifs is 2. The molecule has 0 radical (unpaired) electrons. The van der Waals surface area contributed by atoms with Crippen molar-refractivity contribution in [2.24, 2.45) is 7.05 Å². The maximum absolute atomic E-state index is 13.8. The number of rotatable bonds is 3. The average Bonchev–Trinajstić information content (AvgIpc) is 3.37. The summed E-state index contributed by atoms with van der Waals surface area (Å²) in [7, 11) is 1.68. The number of anilines is 1. The lowest BCUT2D eigenvalue weighted by molar-refractivity contribution is -0.142. The summed E-state index contributed by atoms with van der Waals surface area (Å²) >= 11 is 0. The third-order valence-electron chi connectivity index (χ3n) is 4.95. The van der Waals surface area contributed by atoms with Gasteiger partial charge in [0, 0.05) is 30.9 Å². The van der Waals surface area contributed by atoms with Crippen LogP contribution in [0, 0.1) is 0 Å². The summed E-state index contributed by atoms with van der Waals surface area (Å²) in [5.74, 6) is -0.426. The molecular formula is C22H15F3N6O. The molecule has 0 aliphatic carbocycles. The zero-order valence-electron chi connectivity index (χ0n) is 16.6. The highest BCUT2D eigenvalue weighted by atomic mass is 19.4. The molecule has 0 fully saturated rings. The molecule has 1 amide bonds. The molecule has 1 N–H and O–H groups in total. The van der Waals surface area contributed by atoms with E-state index in [1.807, 2.05) is 30.3 Å². The molecule has 160 valence electrons. The van der Waals surface area contributed by atoms with Gasteiger partial charge in [-0.15, -0.1) is 0 Å². The van der Waals surface area contributed by atoms with E-state index in [1.54, 1.807) is 31.4 Å². The summed E-state index contributed by atoms with van der Waals surface area (Å²) in [5.41, 5.74) is -0.662. The van der Waals surface area contributed by atoms with Crippen molar-refractivity contribution in [2.75, 3.05) is 5.32 Å². The Morgan fingerprint density at radius 3 is 2.47 bits per heavy atom. The maximum atomic E-state index is 13.8. The minimum Gasteiger partial charge on any atom is -0.304 e. The number of hydrogen-bond donors (Lipinski definition) is 1. The predicted molar refractivity (Wildman–Crippen MR) is 112 cm³/mol. The Morgan fingerprint density at radius 1 is 0.969 bits per heavy atom. The summed E-state index contributed by atoms with van der Waals surface area (Å²) in [4.78, 5) is 16.9. The lowest BCUT2D eigenvalue weighted by Gasteiger charge is -2.11. The highest BCUT2D eigenvalue weighted by molar-refractivity contribution is 6.03. The molecule has 7 nitrogen and oxygen atoms in total. The number of aryl methyl sites for hydroxylation is 1. The van der Waals surface area contributed by atoms with Crippen LogP contribution in [0.3, 0.4) is 0 Å². The number of amides is 1. The van der Waals surface area contributed by atoms with Crippen molar-refractivity contribution in [3.05, 3.63) is 78.2 Å². The first-order valence-electron chi connectivity index (χ1n) is 9.56. The van der Waals surface area contributed by atoms with Crippen molar-refractivity contribution in [1.29, 1.82) is 0 Å². The van der Waals surface area contributed by atoms with Crippen LogP contribution in [-0.4, -0.2) is 30.3 Å². The van der Waals surface area contributed by atoms with Gasteiger partial charge in [0.05, 0.1) is 5.69 Å². The van der Waals surface area contributed by atoms with Gasteiger partial charge in [0.15, 0.2) is 22.9 Å². The van der Waals surface area contributed by atoms with Gasteiger partial charge in [-0.1, -0.05) is 36.4 Å². The third-order valence-corrected chi connectivity index (χ3v) is 4.95. The monoisotopic (exact) mass is 436 g/mol. The van der Waals surface area contributed by atoms with Crippen molar-refractivity contribution in [3.8, 4) is 11.3 Å². The number of hydrogen-bond acceptors (Lipinski definition) is 4. The Hall–Kier alpha value is -4.21. The second-order valence-corrected chi connectivity index (χ2v) is 7.21. The molecule has 0 bridgehead atoms. The van der Waals surface area contributed by atoms with Crippen LogP contribution in [0.25, 0.3) is 27.7 Å². The Bertz CT molecular complexity index is 1480. The van der Waals surface area contributed by atoms with E-state index in [4.69, 9.17) is 0 Å². The van der Waals surface area contributed by atoms with Gasteiger partial charge in [-0.3, -0.25) is 9.48 Å². The Labute approximate surface area is 179 Å². The number of alkyl halides is 3. The molecule has 0 atom stereocenters. The molecule has 0 unspecified atom stereocenters. The van der Waals surface area contributed by atoms with E-state index in [2.05, 4.69) is 20.5 Å². The van der Waals surface area contributed by atoms with Crippen LogP contribution in [0.4, 0.5) is 19.0 Å². The van der Waals surface area contributed by atoms with E-state index in [9.17, 15) is 18.0 Å². The van der Waals surface area contributed by atoms with Gasteiger partial charge in [-0.2, -0.15) is 23.4 Å². The predicted octanol–water partition coefficient (Wildman–Crippen LogP) is 4.55. The van der Waals surface area contributed by atoms with Gasteiger partial charge in [0.1, 0.15) is 0 Å². The largest absolute Gasteiger partial charge is 0.433 e. The molecule has 3 heterocycles. The summed E-state index contributed by atoms with van der Waals surface area (Å²) in [5, 5.41) is 12.2. The van der Waals surface area contributed by atoms with Gasteiger partial charge in [0.2, 0.25) is 0 Å². The highest BCUT2D eigenvalue weighted by Gasteiger charge is 2.35. The number of halogens is 3. The first-order valence-corrected chi connectivity index (χ1v) is 9.56. The number of aromatic nitrogens is 5. The lowest BCUT2D eigenvalue weighted by atomic mass is 10.0. The summed E-state index contributed by atoms with van der Waals surface area (Å²) < 4.78 is 43.6. The smallest absolute Gasteiger partial charge is 0.304 e. The van der Waals surface area contributed by atoms with Crippen molar-refractivity contribution < 1.29 is 18.0 Å². The molecule has 0 spiro atoms. The van der Waals surface area contributed by atoms with Gasteiger partial charge in [-0.05, 0) is 22.9 Å². The maximum Gasteiger partial charge on any atom is 0.433 e. The molecule has 2 aromatic carbocycles. The Morgan fingerprint density at radius 2 is 1.75 bits per heavy atom. The van der Waals surface area contributed by atoms with Crippen LogP contribution in [0.5, 0.6) is 0 Å². The van der Waals surface area contributed by atoms with Gasteiger partial charge in [0.25, 0.3) is 5.91 Å². The molecule has 0 aliphatic heterocycles. The molecule has 0 aliphatic rings. The molecule has 0 saturated heterocycles. The fourth-order valence-corrected chi connectivity index (χ4v) is 3.45. The minimum atomic E-state index is -4.70. The number of nitrogens with one attached hydrogen (secondary N) is 1. The summed E-state index contributed by atoms with van der Waals surface area (Å²) in [6.45, 7) is 0. The van der Waals surface area contributed by atoms with Crippen LogP contribution in [0.1, 0.15) is 16.2 Å². The quantitative estimate of drug-likeness (QED) is 0.450. The zero-order chi connectivity index (χ0) is 22.5. The van der Waals surface area contributed by atoms with E-state index in [0.717, 1.165) is 16.8 Å². The van der Waals surface area contributed by atoms with Crippen LogP contribution in [0.2, 0.25) is 0 Å². The molecule has 0 saturated carbocycles. The second-order valence-electron chi connectivity index (χ2n) is 7.21. The first kappa shape index (κ1) is 19.7. The molecule has 3 aromatic heterocycles. The van der Waals surface area contributed by atoms with Crippen molar-refractivity contribution in [3.63, 3.8) is 0 Å². The minimum absolute atomic E-state index is 0.0887. The lowest BCUT2D eigenvalue weighted by Crippen LogP contribution is -2.16. The summed E-state index contributed by atoms with van der Waals surface area (Å²) in [6.07, 6.45) is -3.08. The Balaban J connectivity index is 1.61. The number of nitrogens with zero attached hydrogens (tertiary/aromatic N) is 5. The number of benzene rings is 2. The van der Waals surface area contributed by atoms with Gasteiger partial charge >= 0.3 is 6.18 Å². The highest BCUT2D eigenvalue weighted by Crippen LogP contribution is 2.33. The Kier molecular flexibility index (Phi) is 4.43.